The lowest BCUT2D eigenvalue weighted by atomic mass is 10.0. The van der Waals surface area contributed by atoms with Crippen molar-refractivity contribution in [2.45, 2.75) is 13.3 Å². The van der Waals surface area contributed by atoms with Crippen LogP contribution in [0.15, 0.2) is 30.4 Å². The molecule has 0 aliphatic carbocycles. The van der Waals surface area contributed by atoms with Crippen LogP contribution < -0.4 is 4.74 Å². The minimum absolute atomic E-state index is 0.169. The normalized spacial score (nSPS) is 9.89. The van der Waals surface area contributed by atoms with Gasteiger partial charge in [0.1, 0.15) is 0 Å². The second-order valence-corrected chi connectivity index (χ2v) is 3.61. The standard InChI is InChI=1S/C13H13FO4/c1-3-8(2)13(17)9-4-5-11(10(14)6-9)18-7-12(15)16/h4-6H,2-3,7H2,1H3,(H,15,16). The van der Waals surface area contributed by atoms with Gasteiger partial charge in [-0.25, -0.2) is 9.18 Å². The highest BCUT2D eigenvalue weighted by Gasteiger charge is 2.13. The van der Waals surface area contributed by atoms with Crippen molar-refractivity contribution in [2.24, 2.45) is 0 Å². The fourth-order valence-corrected chi connectivity index (χ4v) is 1.26. The fourth-order valence-electron chi connectivity index (χ4n) is 1.26. The molecule has 5 heteroatoms. The molecule has 18 heavy (non-hydrogen) atoms. The SMILES string of the molecule is C=C(CC)C(=O)c1ccc(OCC(=O)O)c(F)c1. The highest BCUT2D eigenvalue weighted by molar-refractivity contribution is 6.08. The predicted octanol–water partition coefficient (Wildman–Crippen LogP) is 2.44. The van der Waals surface area contributed by atoms with E-state index in [4.69, 9.17) is 9.84 Å². The molecule has 0 aliphatic rings. The third-order valence-corrected chi connectivity index (χ3v) is 2.29. The van der Waals surface area contributed by atoms with Gasteiger partial charge in [0.05, 0.1) is 0 Å². The zero-order valence-electron chi connectivity index (χ0n) is 9.90. The van der Waals surface area contributed by atoms with E-state index in [0.717, 1.165) is 6.07 Å². The van der Waals surface area contributed by atoms with E-state index in [1.54, 1.807) is 6.92 Å². The van der Waals surface area contributed by atoms with Crippen LogP contribution in [0.5, 0.6) is 5.75 Å². The third kappa shape index (κ3) is 3.41. The predicted molar refractivity (Wildman–Crippen MR) is 63.3 cm³/mol. The summed E-state index contributed by atoms with van der Waals surface area (Å²) in [6, 6.07) is 3.62. The number of Topliss-reactive ketones (excluding diaryl/α,β-unsaturated/α-hetero) is 1. The van der Waals surface area contributed by atoms with E-state index in [9.17, 15) is 14.0 Å². The molecule has 0 radical (unpaired) electrons. The van der Waals surface area contributed by atoms with E-state index >= 15 is 0 Å². The highest BCUT2D eigenvalue weighted by Crippen LogP contribution is 2.20. The molecular formula is C13H13FO4. The van der Waals surface area contributed by atoms with E-state index in [-0.39, 0.29) is 17.1 Å². The molecular weight excluding hydrogens is 239 g/mol. The number of hydrogen-bond acceptors (Lipinski definition) is 3. The number of carbonyl (C=O) groups excluding carboxylic acids is 1. The number of carbonyl (C=O) groups is 2. The highest BCUT2D eigenvalue weighted by atomic mass is 19.1. The number of carboxylic acids is 1. The topological polar surface area (TPSA) is 63.6 Å². The number of halogens is 1. The third-order valence-electron chi connectivity index (χ3n) is 2.29. The molecule has 1 aromatic rings. The Morgan fingerprint density at radius 3 is 2.61 bits per heavy atom. The van der Waals surface area contributed by atoms with Crippen LogP contribution in [0, 0.1) is 5.82 Å². The summed E-state index contributed by atoms with van der Waals surface area (Å²) in [5, 5.41) is 8.40. The molecule has 96 valence electrons. The number of rotatable bonds is 6. The maximum Gasteiger partial charge on any atom is 0.341 e. The Balaban J connectivity index is 2.88. The molecule has 0 saturated heterocycles. The molecule has 1 aromatic carbocycles. The summed E-state index contributed by atoms with van der Waals surface area (Å²) >= 11 is 0. The minimum atomic E-state index is -1.20. The van der Waals surface area contributed by atoms with Gasteiger partial charge in [-0.05, 0) is 30.2 Å². The van der Waals surface area contributed by atoms with E-state index in [1.165, 1.54) is 12.1 Å². The van der Waals surface area contributed by atoms with Crippen LogP contribution in [0.1, 0.15) is 23.7 Å². The molecule has 0 amide bonds. The van der Waals surface area contributed by atoms with E-state index in [0.29, 0.717) is 12.0 Å². The molecule has 0 fully saturated rings. The number of benzene rings is 1. The van der Waals surface area contributed by atoms with Crippen molar-refractivity contribution in [3.63, 3.8) is 0 Å². The van der Waals surface area contributed by atoms with Crippen molar-refractivity contribution in [2.75, 3.05) is 6.61 Å². The second kappa shape index (κ2) is 5.95. The lowest BCUT2D eigenvalue weighted by molar-refractivity contribution is -0.139. The summed E-state index contributed by atoms with van der Waals surface area (Å²) < 4.78 is 18.2. The summed E-state index contributed by atoms with van der Waals surface area (Å²) in [5.74, 6) is -2.50. The Bertz CT molecular complexity index is 494. The van der Waals surface area contributed by atoms with Crippen LogP contribution in [-0.2, 0) is 4.79 Å². The molecule has 0 aromatic heterocycles. The number of allylic oxidation sites excluding steroid dienone is 1. The molecule has 0 aliphatic heterocycles. The Labute approximate surface area is 104 Å². The van der Waals surface area contributed by atoms with Gasteiger partial charge in [0.25, 0.3) is 0 Å². The van der Waals surface area contributed by atoms with E-state index in [1.807, 2.05) is 0 Å². The molecule has 0 heterocycles. The summed E-state index contributed by atoms with van der Waals surface area (Å²) in [7, 11) is 0. The van der Waals surface area contributed by atoms with Gasteiger partial charge in [-0.1, -0.05) is 13.5 Å². The molecule has 0 unspecified atom stereocenters. The van der Waals surface area contributed by atoms with Crippen molar-refractivity contribution in [3.05, 3.63) is 41.7 Å². The lowest BCUT2D eigenvalue weighted by Gasteiger charge is -2.07. The summed E-state index contributed by atoms with van der Waals surface area (Å²) in [5.41, 5.74) is 0.552. The largest absolute Gasteiger partial charge is 0.479 e. The molecule has 1 rings (SSSR count). The van der Waals surface area contributed by atoms with Gasteiger partial charge in [-0.2, -0.15) is 0 Å². The van der Waals surface area contributed by atoms with Gasteiger partial charge in [0, 0.05) is 5.56 Å². The van der Waals surface area contributed by atoms with Crippen molar-refractivity contribution in [1.29, 1.82) is 0 Å². The molecule has 1 N–H and O–H groups in total. The van der Waals surface area contributed by atoms with Gasteiger partial charge < -0.3 is 9.84 Å². The molecule has 0 saturated carbocycles. The van der Waals surface area contributed by atoms with Gasteiger partial charge >= 0.3 is 5.97 Å². The Hall–Kier alpha value is -2.17. The Morgan fingerprint density at radius 2 is 2.11 bits per heavy atom. The minimum Gasteiger partial charge on any atom is -0.479 e. The number of ketones is 1. The van der Waals surface area contributed by atoms with Crippen LogP contribution in [0.3, 0.4) is 0 Å². The smallest absolute Gasteiger partial charge is 0.341 e. The van der Waals surface area contributed by atoms with Crippen LogP contribution in [0.2, 0.25) is 0 Å². The number of ether oxygens (including phenoxy) is 1. The summed E-state index contributed by atoms with van der Waals surface area (Å²) in [4.78, 5) is 22.0. The first-order valence-corrected chi connectivity index (χ1v) is 5.32. The number of aliphatic carboxylic acids is 1. The van der Waals surface area contributed by atoms with Crippen molar-refractivity contribution in [1.82, 2.24) is 0 Å². The zero-order chi connectivity index (χ0) is 13.7. The van der Waals surface area contributed by atoms with Gasteiger partial charge in [0.2, 0.25) is 0 Å². The Morgan fingerprint density at radius 1 is 1.44 bits per heavy atom. The number of hydrogen-bond donors (Lipinski definition) is 1. The van der Waals surface area contributed by atoms with Crippen LogP contribution in [0.25, 0.3) is 0 Å². The quantitative estimate of drug-likeness (QED) is 0.624. The van der Waals surface area contributed by atoms with Crippen molar-refractivity contribution >= 4 is 11.8 Å². The molecule has 0 bridgehead atoms. The summed E-state index contributed by atoms with van der Waals surface area (Å²) in [6.07, 6.45) is 0.484. The molecule has 4 nitrogen and oxygen atoms in total. The maximum absolute atomic E-state index is 13.5. The van der Waals surface area contributed by atoms with Crippen molar-refractivity contribution in [3.8, 4) is 5.75 Å². The maximum atomic E-state index is 13.5. The lowest BCUT2D eigenvalue weighted by Crippen LogP contribution is -2.10. The van der Waals surface area contributed by atoms with Gasteiger partial charge in [-0.15, -0.1) is 0 Å². The van der Waals surface area contributed by atoms with Crippen LogP contribution >= 0.6 is 0 Å². The average Bonchev–Trinajstić information content (AvgIpc) is 2.35. The fraction of sp³-hybridized carbons (Fsp3) is 0.231. The average molecular weight is 252 g/mol. The van der Waals surface area contributed by atoms with Gasteiger partial charge in [-0.3, -0.25) is 4.79 Å². The van der Waals surface area contributed by atoms with Crippen molar-refractivity contribution < 1.29 is 23.8 Å². The van der Waals surface area contributed by atoms with Crippen LogP contribution in [-0.4, -0.2) is 23.5 Å². The van der Waals surface area contributed by atoms with E-state index < -0.39 is 18.4 Å². The first kappa shape index (κ1) is 13.9. The zero-order valence-corrected chi connectivity index (χ0v) is 9.90. The first-order valence-electron chi connectivity index (χ1n) is 5.32. The van der Waals surface area contributed by atoms with E-state index in [2.05, 4.69) is 6.58 Å². The number of carboxylic acid groups (broad SMARTS) is 1. The summed E-state index contributed by atoms with van der Waals surface area (Å²) in [6.45, 7) is 4.73. The second-order valence-electron chi connectivity index (χ2n) is 3.61. The monoisotopic (exact) mass is 252 g/mol. The molecule has 0 spiro atoms. The Kier molecular flexibility index (Phi) is 4.59. The first-order chi connectivity index (χ1) is 8.45. The van der Waals surface area contributed by atoms with Gasteiger partial charge in [0.15, 0.2) is 24.0 Å². The van der Waals surface area contributed by atoms with Crippen LogP contribution in [0.4, 0.5) is 4.39 Å². The molecule has 0 atom stereocenters.